The first-order valence-electron chi connectivity index (χ1n) is 9.43. The summed E-state index contributed by atoms with van der Waals surface area (Å²) >= 11 is 0. The van der Waals surface area contributed by atoms with Crippen molar-refractivity contribution in [3.8, 4) is 5.75 Å². The summed E-state index contributed by atoms with van der Waals surface area (Å²) in [5.74, 6) is -1.75. The third kappa shape index (κ3) is 6.88. The van der Waals surface area contributed by atoms with E-state index in [9.17, 15) is 18.8 Å². The molecule has 2 amide bonds. The van der Waals surface area contributed by atoms with Crippen molar-refractivity contribution in [1.82, 2.24) is 10.6 Å². The van der Waals surface area contributed by atoms with Gasteiger partial charge in [0.05, 0.1) is 7.11 Å². The number of methoxy groups -OCH3 is 1. The van der Waals surface area contributed by atoms with Crippen LogP contribution >= 0.6 is 0 Å². The Morgan fingerprint density at radius 1 is 1.00 bits per heavy atom. The number of benzene rings is 2. The van der Waals surface area contributed by atoms with E-state index in [-0.39, 0.29) is 18.0 Å². The third-order valence-electron chi connectivity index (χ3n) is 4.31. The first-order valence-corrected chi connectivity index (χ1v) is 9.43. The van der Waals surface area contributed by atoms with Gasteiger partial charge in [0.15, 0.2) is 6.61 Å². The molecule has 30 heavy (non-hydrogen) atoms. The molecule has 0 aliphatic carbocycles. The fraction of sp³-hybridized carbons (Fsp3) is 0.318. The second-order valence-corrected chi connectivity index (χ2v) is 6.93. The Morgan fingerprint density at radius 3 is 2.20 bits per heavy atom. The van der Waals surface area contributed by atoms with Gasteiger partial charge in [0.1, 0.15) is 17.6 Å². The summed E-state index contributed by atoms with van der Waals surface area (Å²) in [4.78, 5) is 36.6. The topological polar surface area (TPSA) is 93.7 Å². The van der Waals surface area contributed by atoms with E-state index in [4.69, 9.17) is 9.47 Å². The van der Waals surface area contributed by atoms with Crippen LogP contribution < -0.4 is 15.4 Å². The van der Waals surface area contributed by atoms with Crippen molar-refractivity contribution in [2.24, 2.45) is 5.92 Å². The fourth-order valence-corrected chi connectivity index (χ4v) is 2.55. The van der Waals surface area contributed by atoms with Gasteiger partial charge >= 0.3 is 5.97 Å². The molecule has 0 aliphatic rings. The van der Waals surface area contributed by atoms with E-state index in [0.717, 1.165) is 17.7 Å². The quantitative estimate of drug-likeness (QED) is 0.613. The predicted octanol–water partition coefficient (Wildman–Crippen LogP) is 2.45. The lowest BCUT2D eigenvalue weighted by molar-refractivity contribution is -0.151. The third-order valence-corrected chi connectivity index (χ3v) is 4.31. The van der Waals surface area contributed by atoms with E-state index >= 15 is 0 Å². The Hall–Kier alpha value is -3.42. The molecule has 0 bridgehead atoms. The monoisotopic (exact) mass is 416 g/mol. The van der Waals surface area contributed by atoms with Gasteiger partial charge in [-0.2, -0.15) is 0 Å². The van der Waals surface area contributed by atoms with E-state index in [0.29, 0.717) is 5.75 Å². The van der Waals surface area contributed by atoms with E-state index in [1.807, 2.05) is 12.1 Å². The van der Waals surface area contributed by atoms with Crippen molar-refractivity contribution in [3.63, 3.8) is 0 Å². The van der Waals surface area contributed by atoms with Crippen LogP contribution in [-0.2, 0) is 20.9 Å². The van der Waals surface area contributed by atoms with Gasteiger partial charge in [0.25, 0.3) is 11.8 Å². The molecule has 7 nitrogen and oxygen atoms in total. The Kier molecular flexibility index (Phi) is 8.34. The fourth-order valence-electron chi connectivity index (χ4n) is 2.55. The number of carbonyl (C=O) groups excluding carboxylic acids is 3. The van der Waals surface area contributed by atoms with Crippen molar-refractivity contribution in [2.75, 3.05) is 13.7 Å². The van der Waals surface area contributed by atoms with Crippen LogP contribution in [0.3, 0.4) is 0 Å². The summed E-state index contributed by atoms with van der Waals surface area (Å²) in [6.07, 6.45) is 0. The summed E-state index contributed by atoms with van der Waals surface area (Å²) in [6, 6.07) is 11.2. The van der Waals surface area contributed by atoms with Gasteiger partial charge in [-0.15, -0.1) is 0 Å². The maximum absolute atomic E-state index is 13.0. The Bertz CT molecular complexity index is 866. The van der Waals surface area contributed by atoms with Crippen LogP contribution in [0.1, 0.15) is 29.8 Å². The number of nitrogens with one attached hydrogen (secondary N) is 2. The summed E-state index contributed by atoms with van der Waals surface area (Å²) in [5.41, 5.74) is 1.08. The molecule has 160 valence electrons. The van der Waals surface area contributed by atoms with Crippen LogP contribution in [-0.4, -0.2) is 37.5 Å². The number of hydrogen-bond donors (Lipinski definition) is 2. The Balaban J connectivity index is 1.84. The first kappa shape index (κ1) is 22.9. The van der Waals surface area contributed by atoms with Crippen LogP contribution in [0.4, 0.5) is 4.39 Å². The molecule has 8 heteroatoms. The van der Waals surface area contributed by atoms with Gasteiger partial charge in [-0.3, -0.25) is 9.59 Å². The van der Waals surface area contributed by atoms with Gasteiger partial charge in [0.2, 0.25) is 0 Å². The largest absolute Gasteiger partial charge is 0.497 e. The maximum atomic E-state index is 13.0. The summed E-state index contributed by atoms with van der Waals surface area (Å²) in [7, 11) is 1.57. The van der Waals surface area contributed by atoms with E-state index in [1.54, 1.807) is 33.1 Å². The molecule has 2 rings (SSSR count). The van der Waals surface area contributed by atoms with Gasteiger partial charge in [-0.05, 0) is 47.9 Å². The van der Waals surface area contributed by atoms with Crippen LogP contribution in [0.25, 0.3) is 0 Å². The molecule has 0 saturated carbocycles. The number of hydrogen-bond acceptors (Lipinski definition) is 5. The number of halogens is 1. The van der Waals surface area contributed by atoms with Crippen molar-refractivity contribution in [1.29, 1.82) is 0 Å². The second-order valence-electron chi connectivity index (χ2n) is 6.93. The van der Waals surface area contributed by atoms with Crippen LogP contribution in [0.2, 0.25) is 0 Å². The highest BCUT2D eigenvalue weighted by Crippen LogP contribution is 2.11. The van der Waals surface area contributed by atoms with Gasteiger partial charge in [0, 0.05) is 12.1 Å². The van der Waals surface area contributed by atoms with Crippen LogP contribution in [0, 0.1) is 11.7 Å². The minimum Gasteiger partial charge on any atom is -0.497 e. The zero-order valence-electron chi connectivity index (χ0n) is 17.1. The highest BCUT2D eigenvalue weighted by atomic mass is 19.1. The lowest BCUT2D eigenvalue weighted by Crippen LogP contribution is -2.46. The lowest BCUT2D eigenvalue weighted by Gasteiger charge is -2.20. The zero-order chi connectivity index (χ0) is 22.1. The minimum absolute atomic E-state index is 0.215. The molecule has 0 fully saturated rings. The number of ether oxygens (including phenoxy) is 2. The van der Waals surface area contributed by atoms with Crippen molar-refractivity contribution in [3.05, 3.63) is 65.5 Å². The predicted molar refractivity (Wildman–Crippen MR) is 108 cm³/mol. The van der Waals surface area contributed by atoms with Crippen molar-refractivity contribution >= 4 is 17.8 Å². The number of esters is 1. The minimum atomic E-state index is -0.947. The molecular formula is C22H25FN2O5. The molecule has 0 aromatic heterocycles. The number of carbonyl (C=O) groups is 3. The smallest absolute Gasteiger partial charge is 0.329 e. The number of amides is 2. The molecule has 0 saturated heterocycles. The van der Waals surface area contributed by atoms with E-state index in [1.165, 1.54) is 12.1 Å². The summed E-state index contributed by atoms with van der Waals surface area (Å²) in [6.45, 7) is 3.28. The Labute approximate surface area is 174 Å². The van der Waals surface area contributed by atoms with Crippen LogP contribution in [0.15, 0.2) is 48.5 Å². The highest BCUT2D eigenvalue weighted by molar-refractivity contribution is 5.97. The summed E-state index contributed by atoms with van der Waals surface area (Å²) in [5, 5.41) is 5.22. The van der Waals surface area contributed by atoms with Gasteiger partial charge < -0.3 is 20.1 Å². The summed E-state index contributed by atoms with van der Waals surface area (Å²) < 4.78 is 23.1. The molecular weight excluding hydrogens is 391 g/mol. The van der Waals surface area contributed by atoms with Gasteiger partial charge in [-0.1, -0.05) is 26.0 Å². The molecule has 2 N–H and O–H groups in total. The van der Waals surface area contributed by atoms with E-state index in [2.05, 4.69) is 10.6 Å². The molecule has 0 aliphatic heterocycles. The lowest BCUT2D eigenvalue weighted by atomic mass is 10.0. The Morgan fingerprint density at radius 2 is 1.63 bits per heavy atom. The molecule has 1 atom stereocenters. The first-order chi connectivity index (χ1) is 14.3. The molecule has 2 aromatic carbocycles. The highest BCUT2D eigenvalue weighted by Gasteiger charge is 2.26. The van der Waals surface area contributed by atoms with Gasteiger partial charge in [-0.25, -0.2) is 9.18 Å². The molecule has 0 heterocycles. The second kappa shape index (κ2) is 10.9. The molecule has 2 aromatic rings. The van der Waals surface area contributed by atoms with Crippen molar-refractivity contribution in [2.45, 2.75) is 26.4 Å². The SMILES string of the molecule is COc1ccc(CNC(=O)COC(=O)C(NC(=O)c2ccc(F)cc2)C(C)C)cc1. The normalized spacial score (nSPS) is 11.5. The molecule has 0 radical (unpaired) electrons. The standard InChI is InChI=1S/C22H25FN2O5/c1-14(2)20(25-21(27)16-6-8-17(23)9-7-16)22(28)30-13-19(26)24-12-15-4-10-18(29-3)11-5-15/h4-11,14,20H,12-13H2,1-3H3,(H,24,26)(H,25,27). The van der Waals surface area contributed by atoms with Crippen LogP contribution in [0.5, 0.6) is 5.75 Å². The molecule has 1 unspecified atom stereocenters. The maximum Gasteiger partial charge on any atom is 0.329 e. The average Bonchev–Trinajstić information content (AvgIpc) is 2.74. The van der Waals surface area contributed by atoms with Crippen molar-refractivity contribution < 1.29 is 28.2 Å². The number of rotatable bonds is 9. The van der Waals surface area contributed by atoms with E-state index < -0.39 is 36.2 Å². The zero-order valence-corrected chi connectivity index (χ0v) is 17.1. The molecule has 0 spiro atoms. The average molecular weight is 416 g/mol.